The Morgan fingerprint density at radius 2 is 2.00 bits per heavy atom. The van der Waals surface area contributed by atoms with Crippen molar-refractivity contribution in [2.45, 2.75) is 24.2 Å². The van der Waals surface area contributed by atoms with Crippen LogP contribution in [0.15, 0.2) is 58.4 Å². The van der Waals surface area contributed by atoms with Crippen molar-refractivity contribution in [1.29, 1.82) is 0 Å². The molecule has 30 heavy (non-hydrogen) atoms. The number of aromatic nitrogens is 3. The molecule has 0 spiro atoms. The SMILES string of the molecule is COc1ccc(C)cc1S(=O)(=O)N1CC[C@H](c2nc(-c3ccccn3)cc(=O)[nH]2)C1. The molecule has 8 nitrogen and oxygen atoms in total. The number of aromatic amines is 1. The van der Waals surface area contributed by atoms with Crippen LogP contribution in [0.4, 0.5) is 0 Å². The molecule has 1 aliphatic heterocycles. The van der Waals surface area contributed by atoms with E-state index < -0.39 is 10.0 Å². The fourth-order valence-corrected chi connectivity index (χ4v) is 5.35. The lowest BCUT2D eigenvalue weighted by Gasteiger charge is -2.19. The van der Waals surface area contributed by atoms with Gasteiger partial charge >= 0.3 is 0 Å². The van der Waals surface area contributed by atoms with Crippen molar-refractivity contribution in [3.63, 3.8) is 0 Å². The molecule has 0 unspecified atom stereocenters. The predicted octanol–water partition coefficient (Wildman–Crippen LogP) is 2.33. The molecule has 0 aliphatic carbocycles. The maximum atomic E-state index is 13.2. The van der Waals surface area contributed by atoms with Crippen molar-refractivity contribution in [2.75, 3.05) is 20.2 Å². The molecule has 0 saturated carbocycles. The van der Waals surface area contributed by atoms with Crippen LogP contribution in [0.5, 0.6) is 5.75 Å². The van der Waals surface area contributed by atoms with Crippen molar-refractivity contribution in [2.24, 2.45) is 0 Å². The molecular weight excluding hydrogens is 404 g/mol. The second kappa shape index (κ2) is 8.00. The van der Waals surface area contributed by atoms with Crippen LogP contribution in [-0.2, 0) is 10.0 Å². The van der Waals surface area contributed by atoms with Crippen LogP contribution in [0.1, 0.15) is 23.7 Å². The first kappa shape index (κ1) is 20.2. The Labute approximate surface area is 174 Å². The number of aryl methyl sites for hydroxylation is 1. The number of methoxy groups -OCH3 is 1. The number of sulfonamides is 1. The van der Waals surface area contributed by atoms with E-state index in [0.29, 0.717) is 35.9 Å². The molecular formula is C21H22N4O4S. The van der Waals surface area contributed by atoms with Crippen LogP contribution < -0.4 is 10.3 Å². The van der Waals surface area contributed by atoms with E-state index in [1.165, 1.54) is 17.5 Å². The van der Waals surface area contributed by atoms with Crippen LogP contribution in [0.25, 0.3) is 11.4 Å². The number of ether oxygens (including phenoxy) is 1. The summed E-state index contributed by atoms with van der Waals surface area (Å²) in [6.07, 6.45) is 2.19. The van der Waals surface area contributed by atoms with Gasteiger partial charge in [-0.05, 0) is 43.2 Å². The average Bonchev–Trinajstić information content (AvgIpc) is 3.25. The minimum absolute atomic E-state index is 0.148. The maximum absolute atomic E-state index is 13.2. The molecule has 0 bridgehead atoms. The van der Waals surface area contributed by atoms with E-state index in [9.17, 15) is 13.2 Å². The van der Waals surface area contributed by atoms with Crippen LogP contribution in [-0.4, -0.2) is 47.9 Å². The van der Waals surface area contributed by atoms with Crippen LogP contribution in [0, 0.1) is 6.92 Å². The number of nitrogens with one attached hydrogen (secondary N) is 1. The number of rotatable bonds is 5. The summed E-state index contributed by atoms with van der Waals surface area (Å²) in [5.41, 5.74) is 1.61. The van der Waals surface area contributed by atoms with Crippen molar-refractivity contribution >= 4 is 10.0 Å². The molecule has 3 heterocycles. The van der Waals surface area contributed by atoms with Crippen molar-refractivity contribution < 1.29 is 13.2 Å². The van der Waals surface area contributed by atoms with E-state index >= 15 is 0 Å². The van der Waals surface area contributed by atoms with E-state index in [1.807, 2.05) is 19.1 Å². The van der Waals surface area contributed by atoms with Gasteiger partial charge in [-0.25, -0.2) is 13.4 Å². The number of hydrogen-bond donors (Lipinski definition) is 1. The molecule has 1 aromatic carbocycles. The molecule has 1 atom stereocenters. The number of pyridine rings is 1. The Morgan fingerprint density at radius 1 is 1.17 bits per heavy atom. The van der Waals surface area contributed by atoms with E-state index in [2.05, 4.69) is 15.0 Å². The fourth-order valence-electron chi connectivity index (χ4n) is 3.61. The molecule has 0 radical (unpaired) electrons. The lowest BCUT2D eigenvalue weighted by molar-refractivity contribution is 0.398. The number of hydrogen-bond acceptors (Lipinski definition) is 6. The molecule has 3 aromatic rings. The molecule has 1 aliphatic rings. The van der Waals surface area contributed by atoms with Gasteiger partial charge in [-0.1, -0.05) is 12.1 Å². The second-order valence-electron chi connectivity index (χ2n) is 7.23. The first-order chi connectivity index (χ1) is 14.4. The summed E-state index contributed by atoms with van der Waals surface area (Å²) in [4.78, 5) is 23.9. The Morgan fingerprint density at radius 3 is 2.73 bits per heavy atom. The van der Waals surface area contributed by atoms with E-state index in [1.54, 1.807) is 30.5 Å². The lowest BCUT2D eigenvalue weighted by Crippen LogP contribution is -2.29. The van der Waals surface area contributed by atoms with Crippen molar-refractivity contribution in [1.82, 2.24) is 19.3 Å². The van der Waals surface area contributed by atoms with Gasteiger partial charge in [0.2, 0.25) is 10.0 Å². The first-order valence-corrected chi connectivity index (χ1v) is 11.0. The third kappa shape index (κ3) is 3.86. The summed E-state index contributed by atoms with van der Waals surface area (Å²) in [5.74, 6) is 0.566. The van der Waals surface area contributed by atoms with Crippen molar-refractivity contribution in [3.8, 4) is 17.1 Å². The number of nitrogens with zero attached hydrogens (tertiary/aromatic N) is 3. The summed E-state index contributed by atoms with van der Waals surface area (Å²) < 4.78 is 33.2. The topological polar surface area (TPSA) is 105 Å². The van der Waals surface area contributed by atoms with Gasteiger partial charge in [0.25, 0.3) is 5.56 Å². The summed E-state index contributed by atoms with van der Waals surface area (Å²) in [5, 5.41) is 0. The van der Waals surface area contributed by atoms with E-state index in [0.717, 1.165) is 5.56 Å². The Kier molecular flexibility index (Phi) is 5.40. The van der Waals surface area contributed by atoms with Crippen molar-refractivity contribution in [3.05, 3.63) is 70.4 Å². The molecule has 1 N–H and O–H groups in total. The van der Waals surface area contributed by atoms with Gasteiger partial charge < -0.3 is 9.72 Å². The Balaban J connectivity index is 1.63. The zero-order chi connectivity index (χ0) is 21.3. The number of benzene rings is 1. The lowest BCUT2D eigenvalue weighted by atomic mass is 10.1. The summed E-state index contributed by atoms with van der Waals surface area (Å²) >= 11 is 0. The third-order valence-corrected chi connectivity index (χ3v) is 7.05. The van der Waals surface area contributed by atoms with Gasteiger partial charge in [0.15, 0.2) is 0 Å². The second-order valence-corrected chi connectivity index (χ2v) is 9.14. The van der Waals surface area contributed by atoms with Crippen LogP contribution in [0.3, 0.4) is 0 Å². The molecule has 4 rings (SSSR count). The highest BCUT2D eigenvalue weighted by molar-refractivity contribution is 7.89. The third-order valence-electron chi connectivity index (χ3n) is 5.16. The summed E-state index contributed by atoms with van der Waals surface area (Å²) in [6, 6.07) is 11.9. The highest BCUT2D eigenvalue weighted by Crippen LogP contribution is 2.33. The monoisotopic (exact) mass is 426 g/mol. The van der Waals surface area contributed by atoms with Gasteiger partial charge in [0.1, 0.15) is 16.5 Å². The normalized spacial score (nSPS) is 17.2. The zero-order valence-electron chi connectivity index (χ0n) is 16.7. The molecule has 156 valence electrons. The maximum Gasteiger partial charge on any atom is 0.251 e. The van der Waals surface area contributed by atoms with Gasteiger partial charge in [-0.3, -0.25) is 9.78 Å². The highest BCUT2D eigenvalue weighted by Gasteiger charge is 2.36. The zero-order valence-corrected chi connectivity index (χ0v) is 17.5. The molecule has 1 saturated heterocycles. The molecule has 1 fully saturated rings. The van der Waals surface area contributed by atoms with Gasteiger partial charge in [-0.2, -0.15) is 4.31 Å². The smallest absolute Gasteiger partial charge is 0.251 e. The standard InChI is InChI=1S/C21H22N4O4S/c1-14-6-7-18(29-2)19(11-14)30(27,28)25-10-8-15(13-25)21-23-17(12-20(26)24-21)16-5-3-4-9-22-16/h3-7,9,11-12,15H,8,10,13H2,1-2H3,(H,23,24,26)/t15-/m0/s1. The fraction of sp³-hybridized carbons (Fsp3) is 0.286. The minimum Gasteiger partial charge on any atom is -0.495 e. The minimum atomic E-state index is -3.74. The Bertz CT molecular complexity index is 1230. The predicted molar refractivity (Wildman–Crippen MR) is 112 cm³/mol. The number of H-pyrrole nitrogens is 1. The summed E-state index contributed by atoms with van der Waals surface area (Å²) in [7, 11) is -2.29. The average molecular weight is 426 g/mol. The van der Waals surface area contributed by atoms with Crippen LogP contribution >= 0.6 is 0 Å². The van der Waals surface area contributed by atoms with Crippen LogP contribution in [0.2, 0.25) is 0 Å². The Hall–Kier alpha value is -3.04. The van der Waals surface area contributed by atoms with E-state index in [-0.39, 0.29) is 22.9 Å². The van der Waals surface area contributed by atoms with Gasteiger partial charge in [0.05, 0.1) is 18.5 Å². The molecule has 9 heteroatoms. The molecule has 0 amide bonds. The quantitative estimate of drug-likeness (QED) is 0.671. The van der Waals surface area contributed by atoms with Gasteiger partial charge in [-0.15, -0.1) is 0 Å². The van der Waals surface area contributed by atoms with E-state index in [4.69, 9.17) is 4.74 Å². The van der Waals surface area contributed by atoms with Gasteiger partial charge in [0, 0.05) is 31.3 Å². The highest BCUT2D eigenvalue weighted by atomic mass is 32.2. The summed E-state index contributed by atoms with van der Waals surface area (Å²) in [6.45, 7) is 2.40. The molecule has 2 aromatic heterocycles. The first-order valence-electron chi connectivity index (χ1n) is 9.56. The largest absolute Gasteiger partial charge is 0.495 e.